The Morgan fingerprint density at radius 3 is 2.56 bits per heavy atom. The van der Waals surface area contributed by atoms with E-state index in [1.165, 1.54) is 6.07 Å². The minimum atomic E-state index is -0.262. The number of aromatic nitrogens is 1. The second-order valence-corrected chi connectivity index (χ2v) is 3.89. The number of aryl methyl sites for hydroxylation is 1. The molecule has 0 amide bonds. The molecule has 0 N–H and O–H groups in total. The second kappa shape index (κ2) is 4.62. The third kappa shape index (κ3) is 2.22. The van der Waals surface area contributed by atoms with Gasteiger partial charge in [0.1, 0.15) is 5.82 Å². The summed E-state index contributed by atoms with van der Waals surface area (Å²) in [5, 5.41) is 0. The first-order chi connectivity index (χ1) is 7.70. The van der Waals surface area contributed by atoms with Crippen molar-refractivity contribution in [2.75, 3.05) is 0 Å². The smallest absolute Gasteiger partial charge is 0.128 e. The molecule has 0 aliphatic rings. The van der Waals surface area contributed by atoms with Crippen LogP contribution in [-0.4, -0.2) is 4.98 Å². The molecule has 1 heterocycles. The molecule has 2 rings (SSSR count). The maximum atomic E-state index is 13.5. The van der Waals surface area contributed by atoms with Gasteiger partial charge in [-0.05, 0) is 36.2 Å². The minimum Gasteiger partial charge on any atom is -0.262 e. The molecular weight excluding hydrogens is 225 g/mol. The highest BCUT2D eigenvalue weighted by Crippen LogP contribution is 2.22. The highest BCUT2D eigenvalue weighted by atomic mass is 35.5. The van der Waals surface area contributed by atoms with Crippen LogP contribution in [0.5, 0.6) is 0 Å². The van der Waals surface area contributed by atoms with Gasteiger partial charge in [-0.25, -0.2) is 4.39 Å². The number of hydrogen-bond donors (Lipinski definition) is 0. The Balaban J connectivity index is 2.45. The van der Waals surface area contributed by atoms with E-state index in [1.54, 1.807) is 12.3 Å². The van der Waals surface area contributed by atoms with E-state index in [2.05, 4.69) is 4.98 Å². The average Bonchev–Trinajstić information content (AvgIpc) is 2.29. The van der Waals surface area contributed by atoms with Crippen molar-refractivity contribution in [1.29, 1.82) is 0 Å². The van der Waals surface area contributed by atoms with Gasteiger partial charge in [0.15, 0.2) is 0 Å². The highest BCUT2D eigenvalue weighted by molar-refractivity contribution is 6.17. The average molecular weight is 236 g/mol. The summed E-state index contributed by atoms with van der Waals surface area (Å²) in [5.74, 6) is -0.0662. The summed E-state index contributed by atoms with van der Waals surface area (Å²) in [6.07, 6.45) is 1.72. The van der Waals surface area contributed by atoms with Gasteiger partial charge in [-0.1, -0.05) is 12.1 Å². The lowest BCUT2D eigenvalue weighted by Crippen LogP contribution is -1.88. The number of rotatable bonds is 2. The first kappa shape index (κ1) is 11.1. The highest BCUT2D eigenvalue weighted by Gasteiger charge is 2.04. The molecule has 0 radical (unpaired) electrons. The first-order valence-corrected chi connectivity index (χ1v) is 5.51. The Morgan fingerprint density at radius 2 is 1.94 bits per heavy atom. The van der Waals surface area contributed by atoms with Crippen LogP contribution in [0, 0.1) is 12.7 Å². The van der Waals surface area contributed by atoms with E-state index < -0.39 is 0 Å². The van der Waals surface area contributed by atoms with Gasteiger partial charge in [0.05, 0.1) is 5.88 Å². The summed E-state index contributed by atoms with van der Waals surface area (Å²) in [6, 6.07) is 8.88. The van der Waals surface area contributed by atoms with Crippen molar-refractivity contribution in [3.63, 3.8) is 0 Å². The topological polar surface area (TPSA) is 12.9 Å². The van der Waals surface area contributed by atoms with Crippen LogP contribution in [-0.2, 0) is 5.88 Å². The molecule has 1 aromatic carbocycles. The molecule has 1 nitrogen and oxygen atoms in total. The van der Waals surface area contributed by atoms with Crippen LogP contribution in [0.4, 0.5) is 4.39 Å². The largest absolute Gasteiger partial charge is 0.262 e. The molecule has 0 saturated heterocycles. The Hall–Kier alpha value is -1.41. The van der Waals surface area contributed by atoms with Gasteiger partial charge in [0, 0.05) is 17.5 Å². The van der Waals surface area contributed by atoms with Crippen molar-refractivity contribution >= 4 is 11.6 Å². The van der Waals surface area contributed by atoms with Gasteiger partial charge in [0.25, 0.3) is 0 Å². The Labute approximate surface area is 98.9 Å². The van der Waals surface area contributed by atoms with E-state index in [0.717, 1.165) is 16.8 Å². The van der Waals surface area contributed by atoms with Gasteiger partial charge in [-0.3, -0.25) is 4.98 Å². The standard InChI is InChI=1S/C13H11ClFN/c1-9-6-11(4-5-16-9)10-2-3-12(8-14)13(15)7-10/h2-7H,8H2,1H3. The van der Waals surface area contributed by atoms with Crippen molar-refractivity contribution < 1.29 is 4.39 Å². The van der Waals surface area contributed by atoms with E-state index in [9.17, 15) is 4.39 Å². The molecule has 0 fully saturated rings. The van der Waals surface area contributed by atoms with Crippen LogP contribution in [0.3, 0.4) is 0 Å². The minimum absolute atomic E-state index is 0.196. The summed E-state index contributed by atoms with van der Waals surface area (Å²) in [6.45, 7) is 1.91. The molecule has 2 aromatic rings. The third-order valence-corrected chi connectivity index (χ3v) is 2.71. The lowest BCUT2D eigenvalue weighted by molar-refractivity contribution is 0.617. The van der Waals surface area contributed by atoms with E-state index in [0.29, 0.717) is 5.56 Å². The summed E-state index contributed by atoms with van der Waals surface area (Å²) in [4.78, 5) is 4.11. The van der Waals surface area contributed by atoms with Crippen molar-refractivity contribution in [1.82, 2.24) is 4.98 Å². The van der Waals surface area contributed by atoms with Crippen LogP contribution >= 0.6 is 11.6 Å². The van der Waals surface area contributed by atoms with Gasteiger partial charge >= 0.3 is 0 Å². The Bertz CT molecular complexity index is 511. The molecule has 0 atom stereocenters. The van der Waals surface area contributed by atoms with E-state index in [1.807, 2.05) is 25.1 Å². The van der Waals surface area contributed by atoms with Crippen LogP contribution in [0.25, 0.3) is 11.1 Å². The molecule has 0 spiro atoms. The van der Waals surface area contributed by atoms with E-state index in [4.69, 9.17) is 11.6 Å². The van der Waals surface area contributed by atoms with Crippen LogP contribution in [0.15, 0.2) is 36.5 Å². The number of nitrogens with zero attached hydrogens (tertiary/aromatic N) is 1. The Kier molecular flexibility index (Phi) is 3.20. The molecule has 0 aliphatic carbocycles. The fourth-order valence-corrected chi connectivity index (χ4v) is 1.78. The summed E-state index contributed by atoms with van der Waals surface area (Å²) < 4.78 is 13.5. The predicted molar refractivity (Wildman–Crippen MR) is 63.9 cm³/mol. The second-order valence-electron chi connectivity index (χ2n) is 3.63. The fourth-order valence-electron chi connectivity index (χ4n) is 1.56. The zero-order valence-electron chi connectivity index (χ0n) is 8.87. The normalized spacial score (nSPS) is 10.4. The van der Waals surface area contributed by atoms with Crippen molar-refractivity contribution in [3.05, 3.63) is 53.6 Å². The molecule has 3 heteroatoms. The van der Waals surface area contributed by atoms with Gasteiger partial charge in [-0.15, -0.1) is 11.6 Å². The van der Waals surface area contributed by atoms with Crippen LogP contribution in [0.2, 0.25) is 0 Å². The summed E-state index contributed by atoms with van der Waals surface area (Å²) in [5.41, 5.74) is 3.25. The maximum absolute atomic E-state index is 13.5. The number of halogens is 2. The van der Waals surface area contributed by atoms with E-state index in [-0.39, 0.29) is 11.7 Å². The molecule has 0 saturated carbocycles. The molecule has 0 aliphatic heterocycles. The molecule has 1 aromatic heterocycles. The number of pyridine rings is 1. The van der Waals surface area contributed by atoms with Crippen molar-refractivity contribution in [2.24, 2.45) is 0 Å². The quantitative estimate of drug-likeness (QED) is 0.719. The third-order valence-electron chi connectivity index (χ3n) is 2.43. The lowest BCUT2D eigenvalue weighted by Gasteiger charge is -2.04. The lowest BCUT2D eigenvalue weighted by atomic mass is 10.0. The summed E-state index contributed by atoms with van der Waals surface area (Å²) >= 11 is 5.61. The maximum Gasteiger partial charge on any atom is 0.128 e. The van der Waals surface area contributed by atoms with Crippen LogP contribution in [0.1, 0.15) is 11.3 Å². The number of alkyl halides is 1. The van der Waals surface area contributed by atoms with Crippen molar-refractivity contribution in [3.8, 4) is 11.1 Å². The molecule has 16 heavy (non-hydrogen) atoms. The zero-order valence-corrected chi connectivity index (χ0v) is 9.63. The first-order valence-electron chi connectivity index (χ1n) is 4.98. The monoisotopic (exact) mass is 235 g/mol. The number of benzene rings is 1. The number of hydrogen-bond acceptors (Lipinski definition) is 1. The van der Waals surface area contributed by atoms with Gasteiger partial charge < -0.3 is 0 Å². The van der Waals surface area contributed by atoms with Gasteiger partial charge in [0.2, 0.25) is 0 Å². The molecule has 0 bridgehead atoms. The molecular formula is C13H11ClFN. The van der Waals surface area contributed by atoms with Crippen molar-refractivity contribution in [2.45, 2.75) is 12.8 Å². The van der Waals surface area contributed by atoms with E-state index >= 15 is 0 Å². The Morgan fingerprint density at radius 1 is 1.19 bits per heavy atom. The molecule has 0 unspecified atom stereocenters. The fraction of sp³-hybridized carbons (Fsp3) is 0.154. The predicted octanol–water partition coefficient (Wildman–Crippen LogP) is 3.93. The van der Waals surface area contributed by atoms with Crippen LogP contribution < -0.4 is 0 Å². The van der Waals surface area contributed by atoms with Gasteiger partial charge in [-0.2, -0.15) is 0 Å². The zero-order chi connectivity index (χ0) is 11.5. The molecule has 82 valence electrons. The SMILES string of the molecule is Cc1cc(-c2ccc(CCl)c(F)c2)ccn1. The summed E-state index contributed by atoms with van der Waals surface area (Å²) in [7, 11) is 0.